The van der Waals surface area contributed by atoms with Crippen molar-refractivity contribution in [2.75, 3.05) is 26.5 Å². The Morgan fingerprint density at radius 3 is 2.76 bits per heavy atom. The highest BCUT2D eigenvalue weighted by Crippen LogP contribution is 2.42. The molecule has 0 spiro atoms. The van der Waals surface area contributed by atoms with Crippen molar-refractivity contribution in [3.05, 3.63) is 0 Å². The molecule has 1 aliphatic rings. The lowest BCUT2D eigenvalue weighted by Crippen LogP contribution is -2.49. The van der Waals surface area contributed by atoms with Gasteiger partial charge in [0.1, 0.15) is 0 Å². The quantitative estimate of drug-likeness (QED) is 0.642. The van der Waals surface area contributed by atoms with Crippen LogP contribution in [0.1, 0.15) is 32.1 Å². The first kappa shape index (κ1) is 14.8. The van der Waals surface area contributed by atoms with Crippen molar-refractivity contribution < 1.29 is 9.53 Å². The standard InChI is InChI=1S/C12H24N2O2S/c1-16-8-3-5-10(13)11(15)14-9-12(17-2)6-4-7-12/h10H,3-9,13H2,1-2H3,(H,14,15). The molecule has 1 saturated carbocycles. The summed E-state index contributed by atoms with van der Waals surface area (Å²) < 4.78 is 5.22. The zero-order chi connectivity index (χ0) is 12.7. The molecule has 0 bridgehead atoms. The van der Waals surface area contributed by atoms with Gasteiger partial charge in [0.25, 0.3) is 0 Å². The molecule has 17 heavy (non-hydrogen) atoms. The minimum atomic E-state index is -0.399. The minimum absolute atomic E-state index is 0.0265. The molecular formula is C12H24N2O2S. The Bertz CT molecular complexity index is 239. The van der Waals surface area contributed by atoms with Gasteiger partial charge < -0.3 is 15.8 Å². The lowest BCUT2D eigenvalue weighted by molar-refractivity contribution is -0.122. The summed E-state index contributed by atoms with van der Waals surface area (Å²) in [5, 5.41) is 2.98. The normalized spacial score (nSPS) is 19.5. The van der Waals surface area contributed by atoms with Gasteiger partial charge in [-0.25, -0.2) is 0 Å². The molecule has 1 amide bonds. The number of hydrogen-bond donors (Lipinski definition) is 2. The number of carbonyl (C=O) groups is 1. The molecule has 0 aromatic rings. The van der Waals surface area contributed by atoms with Gasteiger partial charge >= 0.3 is 0 Å². The highest BCUT2D eigenvalue weighted by molar-refractivity contribution is 8.00. The monoisotopic (exact) mass is 260 g/mol. The lowest BCUT2D eigenvalue weighted by atomic mass is 9.84. The van der Waals surface area contributed by atoms with Crippen molar-refractivity contribution in [2.24, 2.45) is 5.73 Å². The summed E-state index contributed by atoms with van der Waals surface area (Å²) in [4.78, 5) is 11.8. The van der Waals surface area contributed by atoms with Crippen molar-refractivity contribution in [2.45, 2.75) is 42.9 Å². The summed E-state index contributed by atoms with van der Waals surface area (Å²) in [6, 6.07) is -0.399. The van der Waals surface area contributed by atoms with Gasteiger partial charge in [-0.05, 0) is 31.9 Å². The molecule has 1 atom stereocenters. The second-order valence-corrected chi connectivity index (χ2v) is 5.97. The second kappa shape index (κ2) is 7.24. The van der Waals surface area contributed by atoms with E-state index in [1.54, 1.807) is 7.11 Å². The number of carbonyl (C=O) groups excluding carboxylic acids is 1. The average molecular weight is 260 g/mol. The number of methoxy groups -OCH3 is 1. The Balaban J connectivity index is 2.19. The molecule has 0 aromatic heterocycles. The van der Waals surface area contributed by atoms with E-state index in [9.17, 15) is 4.79 Å². The van der Waals surface area contributed by atoms with Gasteiger partial charge in [-0.1, -0.05) is 6.42 Å². The Kier molecular flexibility index (Phi) is 6.30. The maximum atomic E-state index is 11.8. The summed E-state index contributed by atoms with van der Waals surface area (Å²) >= 11 is 1.86. The third-order valence-electron chi connectivity index (χ3n) is 3.48. The number of rotatable bonds is 8. The molecule has 1 aliphatic carbocycles. The Labute approximate surface area is 108 Å². The summed E-state index contributed by atoms with van der Waals surface area (Å²) in [6.45, 7) is 1.42. The van der Waals surface area contributed by atoms with E-state index >= 15 is 0 Å². The van der Waals surface area contributed by atoms with Crippen molar-refractivity contribution in [1.29, 1.82) is 0 Å². The van der Waals surface area contributed by atoms with Gasteiger partial charge in [-0.2, -0.15) is 11.8 Å². The zero-order valence-corrected chi connectivity index (χ0v) is 11.6. The highest BCUT2D eigenvalue weighted by Gasteiger charge is 2.36. The highest BCUT2D eigenvalue weighted by atomic mass is 32.2. The van der Waals surface area contributed by atoms with Crippen LogP contribution in [0.4, 0.5) is 0 Å². The summed E-state index contributed by atoms with van der Waals surface area (Å²) in [7, 11) is 1.66. The van der Waals surface area contributed by atoms with Crippen molar-refractivity contribution in [3.8, 4) is 0 Å². The van der Waals surface area contributed by atoms with Crippen LogP contribution in [0.3, 0.4) is 0 Å². The van der Waals surface area contributed by atoms with E-state index < -0.39 is 6.04 Å². The van der Waals surface area contributed by atoms with Crippen LogP contribution >= 0.6 is 11.8 Å². The molecule has 4 nitrogen and oxygen atoms in total. The second-order valence-electron chi connectivity index (χ2n) is 4.70. The average Bonchev–Trinajstić information content (AvgIpc) is 2.28. The predicted molar refractivity (Wildman–Crippen MR) is 72.2 cm³/mol. The first-order valence-corrected chi connectivity index (χ1v) is 7.43. The van der Waals surface area contributed by atoms with Crippen LogP contribution in [0.25, 0.3) is 0 Å². The molecule has 1 unspecified atom stereocenters. The molecule has 0 aromatic carbocycles. The fraction of sp³-hybridized carbons (Fsp3) is 0.917. The van der Waals surface area contributed by atoms with E-state index in [2.05, 4.69) is 11.6 Å². The van der Waals surface area contributed by atoms with Crippen molar-refractivity contribution in [3.63, 3.8) is 0 Å². The molecule has 3 N–H and O–H groups in total. The molecule has 1 fully saturated rings. The fourth-order valence-corrected chi connectivity index (χ4v) is 2.90. The molecule has 0 heterocycles. The Morgan fingerprint density at radius 1 is 1.59 bits per heavy atom. The SMILES string of the molecule is COCCCC(N)C(=O)NCC1(SC)CCC1. The van der Waals surface area contributed by atoms with Crippen LogP contribution in [-0.4, -0.2) is 43.2 Å². The number of hydrogen-bond acceptors (Lipinski definition) is 4. The van der Waals surface area contributed by atoms with Crippen molar-refractivity contribution >= 4 is 17.7 Å². The van der Waals surface area contributed by atoms with Crippen LogP contribution in [0.15, 0.2) is 0 Å². The van der Waals surface area contributed by atoms with E-state index in [0.29, 0.717) is 13.0 Å². The molecule has 100 valence electrons. The molecule has 0 aliphatic heterocycles. The first-order chi connectivity index (χ1) is 8.13. The largest absolute Gasteiger partial charge is 0.385 e. The molecular weight excluding hydrogens is 236 g/mol. The zero-order valence-electron chi connectivity index (χ0n) is 10.8. The maximum Gasteiger partial charge on any atom is 0.236 e. The van der Waals surface area contributed by atoms with Gasteiger partial charge in [0.15, 0.2) is 0 Å². The number of thioether (sulfide) groups is 1. The van der Waals surface area contributed by atoms with Crippen LogP contribution in [0.2, 0.25) is 0 Å². The third kappa shape index (κ3) is 4.48. The van der Waals surface area contributed by atoms with E-state index in [0.717, 1.165) is 13.0 Å². The summed E-state index contributed by atoms with van der Waals surface area (Å²) in [5.74, 6) is -0.0265. The Hall–Kier alpha value is -0.260. The summed E-state index contributed by atoms with van der Waals surface area (Å²) in [6.07, 6.45) is 7.31. The van der Waals surface area contributed by atoms with E-state index in [4.69, 9.17) is 10.5 Å². The summed E-state index contributed by atoms with van der Waals surface area (Å²) in [5.41, 5.74) is 5.81. The number of nitrogens with two attached hydrogens (primary N) is 1. The fourth-order valence-electron chi connectivity index (χ4n) is 1.98. The van der Waals surface area contributed by atoms with E-state index in [1.807, 2.05) is 11.8 Å². The molecule has 5 heteroatoms. The number of amides is 1. The van der Waals surface area contributed by atoms with Gasteiger partial charge in [-0.15, -0.1) is 0 Å². The molecule has 1 rings (SSSR count). The van der Waals surface area contributed by atoms with Gasteiger partial charge in [0.05, 0.1) is 6.04 Å². The van der Waals surface area contributed by atoms with Crippen LogP contribution in [-0.2, 0) is 9.53 Å². The molecule has 0 radical (unpaired) electrons. The maximum absolute atomic E-state index is 11.8. The first-order valence-electron chi connectivity index (χ1n) is 6.21. The van der Waals surface area contributed by atoms with Crippen LogP contribution < -0.4 is 11.1 Å². The third-order valence-corrected chi connectivity index (χ3v) is 4.90. The minimum Gasteiger partial charge on any atom is -0.385 e. The van der Waals surface area contributed by atoms with Gasteiger partial charge in [0, 0.05) is 25.0 Å². The smallest absolute Gasteiger partial charge is 0.236 e. The van der Waals surface area contributed by atoms with Crippen LogP contribution in [0, 0.1) is 0 Å². The number of nitrogens with one attached hydrogen (secondary N) is 1. The number of ether oxygens (including phenoxy) is 1. The topological polar surface area (TPSA) is 64.3 Å². The lowest BCUT2D eigenvalue weighted by Gasteiger charge is -2.40. The Morgan fingerprint density at radius 2 is 2.29 bits per heavy atom. The van der Waals surface area contributed by atoms with E-state index in [1.165, 1.54) is 19.3 Å². The van der Waals surface area contributed by atoms with E-state index in [-0.39, 0.29) is 10.7 Å². The van der Waals surface area contributed by atoms with Gasteiger partial charge in [-0.3, -0.25) is 4.79 Å². The molecule has 0 saturated heterocycles. The predicted octanol–water partition coefficient (Wildman–Crippen LogP) is 1.14. The van der Waals surface area contributed by atoms with Crippen molar-refractivity contribution in [1.82, 2.24) is 5.32 Å². The van der Waals surface area contributed by atoms with Crippen LogP contribution in [0.5, 0.6) is 0 Å². The van der Waals surface area contributed by atoms with Gasteiger partial charge in [0.2, 0.25) is 5.91 Å².